The van der Waals surface area contributed by atoms with Crippen molar-refractivity contribution in [1.82, 2.24) is 0 Å². The molecule has 120 valence electrons. The summed E-state index contributed by atoms with van der Waals surface area (Å²) < 4.78 is 64.0. The number of rotatable bonds is 0. The Kier molecular flexibility index (Phi) is 2.99. The van der Waals surface area contributed by atoms with Gasteiger partial charge in [-0.25, -0.2) is 8.42 Å². The van der Waals surface area contributed by atoms with Crippen molar-refractivity contribution in [3.8, 4) is 0 Å². The van der Waals surface area contributed by atoms with Crippen LogP contribution in [0.25, 0.3) is 0 Å². The van der Waals surface area contributed by atoms with Crippen molar-refractivity contribution in [3.63, 3.8) is 0 Å². The Labute approximate surface area is 123 Å². The molecule has 0 bridgehead atoms. The Morgan fingerprint density at radius 1 is 1.27 bits per heavy atom. The average Bonchev–Trinajstić information content (AvgIpc) is 2.35. The number of halogens is 3. The van der Waals surface area contributed by atoms with Gasteiger partial charge in [0.2, 0.25) is 5.91 Å². The van der Waals surface area contributed by atoms with Crippen LogP contribution in [0.15, 0.2) is 17.0 Å². The highest BCUT2D eigenvalue weighted by molar-refractivity contribution is 7.91. The summed E-state index contributed by atoms with van der Waals surface area (Å²) >= 11 is 0. The molecule has 0 radical (unpaired) electrons. The number of sulfone groups is 1. The molecule has 1 unspecified atom stereocenters. The summed E-state index contributed by atoms with van der Waals surface area (Å²) in [5.41, 5.74) is -4.64. The number of alkyl halides is 3. The first-order chi connectivity index (χ1) is 10.1. The normalized spacial score (nSPS) is 26.5. The summed E-state index contributed by atoms with van der Waals surface area (Å²) in [5, 5.41) is 15.0. The van der Waals surface area contributed by atoms with Crippen LogP contribution in [0.2, 0.25) is 0 Å². The molecule has 1 atom stereocenters. The number of aliphatic hydroxyl groups is 1. The minimum atomic E-state index is -5.13. The number of hydrogen-bond donors (Lipinski definition) is 3. The molecule has 1 aromatic carbocycles. The molecule has 3 N–H and O–H groups in total. The zero-order valence-corrected chi connectivity index (χ0v) is 11.8. The number of hydrogen-bond acceptors (Lipinski definition) is 5. The number of nitrogens with one attached hydrogen (secondary N) is 2. The van der Waals surface area contributed by atoms with E-state index in [1.165, 1.54) is 0 Å². The lowest BCUT2D eigenvalue weighted by Gasteiger charge is -2.38. The van der Waals surface area contributed by atoms with Crippen molar-refractivity contribution in [1.29, 1.82) is 0 Å². The number of carbonyl (C=O) groups excluding carboxylic acids is 1. The summed E-state index contributed by atoms with van der Waals surface area (Å²) in [6, 6.07) is 2.19. The third-order valence-electron chi connectivity index (χ3n) is 3.75. The lowest BCUT2D eigenvalue weighted by Crippen LogP contribution is -2.49. The monoisotopic (exact) mass is 336 g/mol. The lowest BCUT2D eigenvalue weighted by atomic mass is 9.84. The molecule has 1 aromatic rings. The van der Waals surface area contributed by atoms with E-state index in [2.05, 4.69) is 10.6 Å². The molecule has 10 heteroatoms. The fourth-order valence-electron chi connectivity index (χ4n) is 2.73. The molecule has 22 heavy (non-hydrogen) atoms. The van der Waals surface area contributed by atoms with Crippen molar-refractivity contribution in [2.45, 2.75) is 23.1 Å². The molecule has 2 aliphatic heterocycles. The number of amides is 1. The van der Waals surface area contributed by atoms with Crippen molar-refractivity contribution >= 4 is 27.1 Å². The number of carbonyl (C=O) groups is 1. The van der Waals surface area contributed by atoms with Gasteiger partial charge in [-0.2, -0.15) is 13.2 Å². The summed E-state index contributed by atoms with van der Waals surface area (Å²) in [5.74, 6) is -1.25. The Hall–Kier alpha value is -1.81. The first-order valence-electron chi connectivity index (χ1n) is 6.29. The Balaban J connectivity index is 2.36. The predicted octanol–water partition coefficient (Wildman–Crippen LogP) is 0.978. The SMILES string of the molecule is O=C1CC(O)(C(F)(F)F)c2c(ccc3c2NCCS3(=O)=O)N1. The minimum Gasteiger partial charge on any atom is -0.383 e. The summed E-state index contributed by atoms with van der Waals surface area (Å²) in [6.45, 7) is -0.0757. The topological polar surface area (TPSA) is 95.5 Å². The second-order valence-corrected chi connectivity index (χ2v) is 7.27. The fraction of sp³-hybridized carbons (Fsp3) is 0.417. The van der Waals surface area contributed by atoms with Crippen molar-refractivity contribution in [2.24, 2.45) is 0 Å². The van der Waals surface area contributed by atoms with Gasteiger partial charge in [0.25, 0.3) is 0 Å². The first-order valence-corrected chi connectivity index (χ1v) is 7.94. The van der Waals surface area contributed by atoms with Crippen molar-refractivity contribution < 1.29 is 31.5 Å². The second-order valence-electron chi connectivity index (χ2n) is 5.19. The van der Waals surface area contributed by atoms with Gasteiger partial charge >= 0.3 is 6.18 Å². The standard InChI is InChI=1S/C12H11F3N2O4S/c13-12(14,15)11(19)5-8(18)17-6-1-2-7-10(9(6)11)16-3-4-22(7,20)21/h1-2,16,19H,3-5H2,(H,17,18). The molecule has 3 rings (SSSR count). The maximum atomic E-state index is 13.3. The van der Waals surface area contributed by atoms with E-state index >= 15 is 0 Å². The number of anilines is 2. The van der Waals surface area contributed by atoms with E-state index < -0.39 is 39.5 Å². The van der Waals surface area contributed by atoms with Crippen LogP contribution in [-0.2, 0) is 20.2 Å². The molecule has 0 spiro atoms. The van der Waals surface area contributed by atoms with Crippen LogP contribution in [0.1, 0.15) is 12.0 Å². The van der Waals surface area contributed by atoms with E-state index in [0.717, 1.165) is 12.1 Å². The highest BCUT2D eigenvalue weighted by Gasteiger charge is 2.60. The largest absolute Gasteiger partial charge is 0.422 e. The van der Waals surface area contributed by atoms with Gasteiger partial charge in [-0.15, -0.1) is 0 Å². The average molecular weight is 336 g/mol. The highest BCUT2D eigenvalue weighted by atomic mass is 32.2. The van der Waals surface area contributed by atoms with E-state index in [1.54, 1.807) is 0 Å². The van der Waals surface area contributed by atoms with Gasteiger partial charge in [0.15, 0.2) is 15.4 Å². The van der Waals surface area contributed by atoms with E-state index in [-0.39, 0.29) is 28.6 Å². The van der Waals surface area contributed by atoms with Crippen LogP contribution in [0.3, 0.4) is 0 Å². The summed E-state index contributed by atoms with van der Waals surface area (Å²) in [6.07, 6.45) is -6.35. The number of fused-ring (bicyclic) bond motifs is 3. The first kappa shape index (κ1) is 15.1. The molecular formula is C12H11F3N2O4S. The van der Waals surface area contributed by atoms with Crippen LogP contribution in [-0.4, -0.2) is 37.9 Å². The smallest absolute Gasteiger partial charge is 0.383 e. The molecule has 0 aliphatic carbocycles. The van der Waals surface area contributed by atoms with Crippen molar-refractivity contribution in [2.75, 3.05) is 22.9 Å². The second kappa shape index (κ2) is 4.35. The highest BCUT2D eigenvalue weighted by Crippen LogP contribution is 2.51. The van der Waals surface area contributed by atoms with E-state index in [0.29, 0.717) is 0 Å². The van der Waals surface area contributed by atoms with Gasteiger partial charge in [-0.3, -0.25) is 4.79 Å². The molecule has 0 saturated carbocycles. The zero-order valence-electron chi connectivity index (χ0n) is 11.0. The predicted molar refractivity (Wildman–Crippen MR) is 70.2 cm³/mol. The minimum absolute atomic E-state index is 0.0757. The van der Waals surface area contributed by atoms with E-state index in [1.807, 2.05) is 0 Å². The van der Waals surface area contributed by atoms with Crippen LogP contribution >= 0.6 is 0 Å². The molecule has 1 amide bonds. The van der Waals surface area contributed by atoms with Gasteiger partial charge in [0.05, 0.1) is 22.8 Å². The third-order valence-corrected chi connectivity index (χ3v) is 5.50. The van der Waals surface area contributed by atoms with E-state index in [9.17, 15) is 31.5 Å². The maximum absolute atomic E-state index is 13.3. The van der Waals surface area contributed by atoms with Crippen LogP contribution in [0.5, 0.6) is 0 Å². The molecule has 0 saturated heterocycles. The van der Waals surface area contributed by atoms with Gasteiger partial charge in [-0.1, -0.05) is 0 Å². The number of benzene rings is 1. The quantitative estimate of drug-likeness (QED) is 0.656. The molecule has 6 nitrogen and oxygen atoms in total. The van der Waals surface area contributed by atoms with Crippen LogP contribution in [0.4, 0.5) is 24.5 Å². The zero-order chi connectivity index (χ0) is 16.3. The van der Waals surface area contributed by atoms with Gasteiger partial charge in [0, 0.05) is 17.8 Å². The Morgan fingerprint density at radius 3 is 2.59 bits per heavy atom. The fourth-order valence-corrected chi connectivity index (χ4v) is 4.08. The summed E-state index contributed by atoms with van der Waals surface area (Å²) in [7, 11) is -3.74. The molecule has 2 heterocycles. The third kappa shape index (κ3) is 1.97. The molecule has 0 aromatic heterocycles. The maximum Gasteiger partial charge on any atom is 0.422 e. The van der Waals surface area contributed by atoms with Crippen molar-refractivity contribution in [3.05, 3.63) is 17.7 Å². The van der Waals surface area contributed by atoms with Gasteiger partial charge in [-0.05, 0) is 12.1 Å². The van der Waals surface area contributed by atoms with Crippen LogP contribution in [0, 0.1) is 0 Å². The van der Waals surface area contributed by atoms with Crippen LogP contribution < -0.4 is 10.6 Å². The van der Waals surface area contributed by atoms with Gasteiger partial charge in [0.1, 0.15) is 0 Å². The van der Waals surface area contributed by atoms with Gasteiger partial charge < -0.3 is 15.7 Å². The van der Waals surface area contributed by atoms with E-state index in [4.69, 9.17) is 0 Å². The summed E-state index contributed by atoms with van der Waals surface area (Å²) in [4.78, 5) is 11.2. The lowest BCUT2D eigenvalue weighted by molar-refractivity contribution is -0.267. The Morgan fingerprint density at radius 2 is 1.95 bits per heavy atom. The molecule has 0 fully saturated rings. The Bertz CT molecular complexity index is 775. The molecule has 2 aliphatic rings. The molecular weight excluding hydrogens is 325 g/mol.